The van der Waals surface area contributed by atoms with Gasteiger partial charge in [-0.05, 0) is 31.8 Å². The first-order valence-electron chi connectivity index (χ1n) is 6.57. The molecule has 20 heavy (non-hydrogen) atoms. The smallest absolute Gasteiger partial charge is 0.242 e. The number of hydrogen-bond acceptors (Lipinski definition) is 4. The third-order valence-electron chi connectivity index (χ3n) is 2.48. The number of para-hydroxylation sites is 1. The van der Waals surface area contributed by atoms with Gasteiger partial charge >= 0.3 is 0 Å². The van der Waals surface area contributed by atoms with Crippen LogP contribution in [0, 0.1) is 0 Å². The van der Waals surface area contributed by atoms with Crippen LogP contribution in [0.15, 0.2) is 47.8 Å². The standard InChI is InChI=1S/C15H19N3OSi/c1-20(2,3)19-15-7-5-4-6-13(15)10-17-11-14-8-9-16-12-18-14/h4-9,11-12H,10H2,1-3H3/b17-11-. The summed E-state index contributed by atoms with van der Waals surface area (Å²) < 4.78 is 6.07. The van der Waals surface area contributed by atoms with Crippen LogP contribution in [0.3, 0.4) is 0 Å². The maximum Gasteiger partial charge on any atom is 0.242 e. The van der Waals surface area contributed by atoms with Crippen molar-refractivity contribution >= 4 is 14.5 Å². The van der Waals surface area contributed by atoms with Crippen molar-refractivity contribution in [2.75, 3.05) is 0 Å². The highest BCUT2D eigenvalue weighted by atomic mass is 28.4. The fraction of sp³-hybridized carbons (Fsp3) is 0.267. The summed E-state index contributed by atoms with van der Waals surface area (Å²) in [6, 6.07) is 9.88. The molecule has 2 aromatic rings. The van der Waals surface area contributed by atoms with Gasteiger partial charge in [-0.2, -0.15) is 0 Å². The van der Waals surface area contributed by atoms with Crippen LogP contribution in [-0.2, 0) is 6.54 Å². The van der Waals surface area contributed by atoms with Crippen LogP contribution in [0.25, 0.3) is 0 Å². The third-order valence-corrected chi connectivity index (χ3v) is 3.31. The van der Waals surface area contributed by atoms with Crippen molar-refractivity contribution in [3.63, 3.8) is 0 Å². The lowest BCUT2D eigenvalue weighted by atomic mass is 10.2. The van der Waals surface area contributed by atoms with E-state index in [1.807, 2.05) is 30.3 Å². The number of rotatable bonds is 5. The number of benzene rings is 1. The second kappa shape index (κ2) is 6.43. The van der Waals surface area contributed by atoms with E-state index in [4.69, 9.17) is 4.43 Å². The average molecular weight is 285 g/mol. The highest BCUT2D eigenvalue weighted by Gasteiger charge is 2.17. The fourth-order valence-corrected chi connectivity index (χ4v) is 2.54. The monoisotopic (exact) mass is 285 g/mol. The normalized spacial score (nSPS) is 11.8. The molecular weight excluding hydrogens is 266 g/mol. The van der Waals surface area contributed by atoms with Gasteiger partial charge in [0.2, 0.25) is 8.32 Å². The molecule has 0 aliphatic heterocycles. The average Bonchev–Trinajstić information content (AvgIpc) is 2.40. The molecule has 0 saturated heterocycles. The maximum atomic E-state index is 6.07. The van der Waals surface area contributed by atoms with E-state index < -0.39 is 8.32 Å². The van der Waals surface area contributed by atoms with Crippen molar-refractivity contribution < 1.29 is 4.43 Å². The van der Waals surface area contributed by atoms with Gasteiger partial charge in [0.05, 0.1) is 12.2 Å². The van der Waals surface area contributed by atoms with Crippen molar-refractivity contribution in [1.82, 2.24) is 9.97 Å². The van der Waals surface area contributed by atoms with E-state index >= 15 is 0 Å². The molecule has 2 rings (SSSR count). The quantitative estimate of drug-likeness (QED) is 0.625. The lowest BCUT2D eigenvalue weighted by Crippen LogP contribution is -2.29. The molecule has 4 nitrogen and oxygen atoms in total. The first-order valence-corrected chi connectivity index (χ1v) is 9.98. The molecule has 5 heteroatoms. The minimum Gasteiger partial charge on any atom is -0.544 e. The Labute approximate surface area is 120 Å². The third kappa shape index (κ3) is 4.58. The largest absolute Gasteiger partial charge is 0.544 e. The van der Waals surface area contributed by atoms with E-state index in [1.54, 1.807) is 12.4 Å². The molecule has 0 bridgehead atoms. The topological polar surface area (TPSA) is 47.4 Å². The van der Waals surface area contributed by atoms with Crippen LogP contribution in [0.5, 0.6) is 5.75 Å². The van der Waals surface area contributed by atoms with Gasteiger partial charge in [-0.25, -0.2) is 9.97 Å². The van der Waals surface area contributed by atoms with Crippen molar-refractivity contribution in [3.8, 4) is 5.75 Å². The summed E-state index contributed by atoms with van der Waals surface area (Å²) in [5, 5.41) is 0. The maximum absolute atomic E-state index is 6.07. The predicted octanol–water partition coefficient (Wildman–Crippen LogP) is 3.31. The minimum absolute atomic E-state index is 0.588. The molecule has 1 aromatic heterocycles. The summed E-state index contributed by atoms with van der Waals surface area (Å²) >= 11 is 0. The molecule has 0 radical (unpaired) electrons. The number of aliphatic imine (C=N–C) groups is 1. The highest BCUT2D eigenvalue weighted by molar-refractivity contribution is 6.70. The molecule has 0 aliphatic rings. The van der Waals surface area contributed by atoms with Crippen LogP contribution < -0.4 is 4.43 Å². The molecule has 0 spiro atoms. The van der Waals surface area contributed by atoms with E-state index in [0.29, 0.717) is 6.54 Å². The van der Waals surface area contributed by atoms with Crippen LogP contribution in [-0.4, -0.2) is 24.5 Å². The molecule has 1 aromatic carbocycles. The van der Waals surface area contributed by atoms with E-state index in [1.165, 1.54) is 6.33 Å². The fourth-order valence-electron chi connectivity index (χ4n) is 1.68. The van der Waals surface area contributed by atoms with E-state index in [0.717, 1.165) is 17.0 Å². The summed E-state index contributed by atoms with van der Waals surface area (Å²) in [5.41, 5.74) is 1.91. The lowest BCUT2D eigenvalue weighted by Gasteiger charge is -2.21. The number of aromatic nitrogens is 2. The van der Waals surface area contributed by atoms with E-state index in [2.05, 4.69) is 34.6 Å². The zero-order valence-corrected chi connectivity index (χ0v) is 13.1. The van der Waals surface area contributed by atoms with Crippen LogP contribution in [0.4, 0.5) is 0 Å². The van der Waals surface area contributed by atoms with E-state index in [-0.39, 0.29) is 0 Å². The second-order valence-electron chi connectivity index (χ2n) is 5.43. The van der Waals surface area contributed by atoms with Gasteiger partial charge in [0, 0.05) is 18.0 Å². The lowest BCUT2D eigenvalue weighted by molar-refractivity contribution is 0.549. The summed E-state index contributed by atoms with van der Waals surface area (Å²) in [7, 11) is -1.61. The predicted molar refractivity (Wildman–Crippen MR) is 83.7 cm³/mol. The molecule has 1 heterocycles. The number of nitrogens with zero attached hydrogens (tertiary/aromatic N) is 3. The zero-order chi connectivity index (χ0) is 14.4. The molecule has 0 amide bonds. The molecule has 104 valence electrons. The Morgan fingerprint density at radius 2 is 2.00 bits per heavy atom. The van der Waals surface area contributed by atoms with Gasteiger partial charge < -0.3 is 4.43 Å². The highest BCUT2D eigenvalue weighted by Crippen LogP contribution is 2.22. The van der Waals surface area contributed by atoms with Gasteiger partial charge in [-0.15, -0.1) is 0 Å². The summed E-state index contributed by atoms with van der Waals surface area (Å²) in [4.78, 5) is 12.4. The van der Waals surface area contributed by atoms with Gasteiger partial charge in [-0.3, -0.25) is 4.99 Å². The first-order chi connectivity index (χ1) is 9.54. The Morgan fingerprint density at radius 3 is 2.70 bits per heavy atom. The van der Waals surface area contributed by atoms with Crippen LogP contribution in [0.2, 0.25) is 19.6 Å². The van der Waals surface area contributed by atoms with Gasteiger partial charge in [0.1, 0.15) is 12.1 Å². The minimum atomic E-state index is -1.61. The molecule has 0 fully saturated rings. The Bertz CT molecular complexity index is 579. The molecule has 0 unspecified atom stereocenters. The Hall–Kier alpha value is -2.01. The molecule has 0 aliphatic carbocycles. The Morgan fingerprint density at radius 1 is 1.20 bits per heavy atom. The van der Waals surface area contributed by atoms with Crippen molar-refractivity contribution in [3.05, 3.63) is 54.1 Å². The van der Waals surface area contributed by atoms with Gasteiger partial charge in [0.25, 0.3) is 0 Å². The van der Waals surface area contributed by atoms with Crippen molar-refractivity contribution in [1.29, 1.82) is 0 Å². The Balaban J connectivity index is 2.08. The van der Waals surface area contributed by atoms with Crippen LogP contribution >= 0.6 is 0 Å². The summed E-state index contributed by atoms with van der Waals surface area (Å²) in [6.07, 6.45) is 4.98. The summed E-state index contributed by atoms with van der Waals surface area (Å²) in [6.45, 7) is 7.11. The molecule has 0 N–H and O–H groups in total. The van der Waals surface area contributed by atoms with Gasteiger partial charge in [0.15, 0.2) is 0 Å². The SMILES string of the molecule is C[Si](C)(C)Oc1ccccc1C/N=C\c1ccncn1. The van der Waals surface area contributed by atoms with Crippen molar-refractivity contribution in [2.45, 2.75) is 26.2 Å². The first kappa shape index (κ1) is 14.4. The zero-order valence-electron chi connectivity index (χ0n) is 12.1. The van der Waals surface area contributed by atoms with Gasteiger partial charge in [-0.1, -0.05) is 18.2 Å². The van der Waals surface area contributed by atoms with Crippen molar-refractivity contribution in [2.24, 2.45) is 4.99 Å². The second-order valence-corrected chi connectivity index (χ2v) is 9.86. The van der Waals surface area contributed by atoms with Crippen LogP contribution in [0.1, 0.15) is 11.3 Å². The molecule has 0 saturated carbocycles. The molecule has 0 atom stereocenters. The summed E-state index contributed by atoms with van der Waals surface area (Å²) in [5.74, 6) is 0.937. The Kier molecular flexibility index (Phi) is 4.63. The number of hydrogen-bond donors (Lipinski definition) is 0. The molecular formula is C15H19N3OSi. The van der Waals surface area contributed by atoms with E-state index in [9.17, 15) is 0 Å².